The number of nitro groups is 1. The Morgan fingerprint density at radius 3 is 2.79 bits per heavy atom. The third kappa shape index (κ3) is 3.31. The van der Waals surface area contributed by atoms with E-state index in [2.05, 4.69) is 4.98 Å². The van der Waals surface area contributed by atoms with Gasteiger partial charge in [-0.25, -0.2) is 4.98 Å². The number of benzene rings is 1. The number of aliphatic hydroxyl groups is 1. The first-order chi connectivity index (χ1) is 8.97. The Bertz CT molecular complexity index is 611. The average Bonchev–Trinajstić information content (AvgIpc) is 2.74. The summed E-state index contributed by atoms with van der Waals surface area (Å²) in [6.07, 6.45) is -0.722. The van der Waals surface area contributed by atoms with Crippen molar-refractivity contribution < 1.29 is 10.0 Å². The molecule has 0 aliphatic rings. The second-order valence-corrected chi connectivity index (χ2v) is 6.16. The summed E-state index contributed by atoms with van der Waals surface area (Å²) in [6, 6.07) is 4.76. The van der Waals surface area contributed by atoms with E-state index in [-0.39, 0.29) is 5.69 Å². The summed E-state index contributed by atoms with van der Waals surface area (Å²) in [4.78, 5) is 15.5. The molecule has 100 valence electrons. The number of aliphatic hydroxyl groups excluding tert-OH is 1. The molecule has 1 atom stereocenters. The lowest BCUT2D eigenvalue weighted by atomic mass is 10.1. The molecule has 0 fully saturated rings. The molecular weight excluding hydrogens is 284 g/mol. The van der Waals surface area contributed by atoms with Crippen LogP contribution in [0.1, 0.15) is 24.3 Å². The van der Waals surface area contributed by atoms with Gasteiger partial charge in [-0.15, -0.1) is 11.3 Å². The minimum atomic E-state index is -0.722. The maximum atomic E-state index is 11.1. The number of aryl methyl sites for hydroxylation is 1. The zero-order valence-electron chi connectivity index (χ0n) is 10.4. The molecule has 1 heterocycles. The quantitative estimate of drug-likeness (QED) is 0.689. The normalized spacial score (nSPS) is 12.4. The van der Waals surface area contributed by atoms with Gasteiger partial charge in [0, 0.05) is 17.1 Å². The van der Waals surface area contributed by atoms with E-state index >= 15 is 0 Å². The van der Waals surface area contributed by atoms with Gasteiger partial charge in [-0.3, -0.25) is 10.1 Å². The Balaban J connectivity index is 2.36. The van der Waals surface area contributed by atoms with E-state index in [1.807, 2.05) is 12.3 Å². The molecule has 0 amide bonds. The van der Waals surface area contributed by atoms with E-state index in [0.717, 1.165) is 10.0 Å². The fraction of sp³-hybridized carbons (Fsp3) is 0.250. The summed E-state index contributed by atoms with van der Waals surface area (Å²) in [5.41, 5.74) is 1.43. The second kappa shape index (κ2) is 5.68. The van der Waals surface area contributed by atoms with E-state index in [1.165, 1.54) is 29.2 Å². The first kappa shape index (κ1) is 14.0. The van der Waals surface area contributed by atoms with E-state index < -0.39 is 11.0 Å². The first-order valence-corrected chi connectivity index (χ1v) is 7.23. The third-order valence-electron chi connectivity index (χ3n) is 2.46. The summed E-state index contributed by atoms with van der Waals surface area (Å²) in [6.45, 7) is 3.46. The van der Waals surface area contributed by atoms with Crippen molar-refractivity contribution in [1.82, 2.24) is 4.98 Å². The van der Waals surface area contributed by atoms with E-state index in [0.29, 0.717) is 10.5 Å². The number of nitrogens with zero attached hydrogens (tertiary/aromatic N) is 2. The van der Waals surface area contributed by atoms with Gasteiger partial charge < -0.3 is 5.11 Å². The predicted molar refractivity (Wildman–Crippen MR) is 74.7 cm³/mol. The summed E-state index contributed by atoms with van der Waals surface area (Å²) in [5.74, 6) is 0. The summed E-state index contributed by atoms with van der Waals surface area (Å²) >= 11 is 2.72. The number of nitro benzene ring substituents is 1. The van der Waals surface area contributed by atoms with Crippen LogP contribution in [-0.2, 0) is 0 Å². The molecule has 0 aliphatic heterocycles. The number of thiazole rings is 1. The van der Waals surface area contributed by atoms with Crippen LogP contribution >= 0.6 is 23.1 Å². The Kier molecular flexibility index (Phi) is 4.18. The number of hydrogen-bond donors (Lipinski definition) is 1. The van der Waals surface area contributed by atoms with Crippen molar-refractivity contribution in [2.45, 2.75) is 29.2 Å². The molecule has 0 bridgehead atoms. The monoisotopic (exact) mass is 296 g/mol. The van der Waals surface area contributed by atoms with E-state index in [1.54, 1.807) is 19.1 Å². The first-order valence-electron chi connectivity index (χ1n) is 5.53. The molecule has 19 heavy (non-hydrogen) atoms. The maximum absolute atomic E-state index is 11.1. The average molecular weight is 296 g/mol. The summed E-state index contributed by atoms with van der Waals surface area (Å²) in [5, 5.41) is 22.5. The molecule has 0 aliphatic carbocycles. The lowest BCUT2D eigenvalue weighted by Crippen LogP contribution is -1.96. The van der Waals surface area contributed by atoms with Crippen LogP contribution in [0, 0.1) is 17.0 Å². The van der Waals surface area contributed by atoms with Crippen LogP contribution in [0.5, 0.6) is 0 Å². The number of hydrogen-bond acceptors (Lipinski definition) is 6. The molecule has 2 rings (SSSR count). The highest BCUT2D eigenvalue weighted by Crippen LogP contribution is 2.37. The van der Waals surface area contributed by atoms with Crippen LogP contribution in [0.25, 0.3) is 0 Å². The van der Waals surface area contributed by atoms with Gasteiger partial charge >= 0.3 is 0 Å². The van der Waals surface area contributed by atoms with Crippen LogP contribution in [0.2, 0.25) is 0 Å². The van der Waals surface area contributed by atoms with E-state index in [4.69, 9.17) is 0 Å². The molecule has 5 nitrogen and oxygen atoms in total. The van der Waals surface area contributed by atoms with Gasteiger partial charge in [0.15, 0.2) is 4.34 Å². The highest BCUT2D eigenvalue weighted by atomic mass is 32.2. The fourth-order valence-electron chi connectivity index (χ4n) is 1.50. The zero-order valence-corrected chi connectivity index (χ0v) is 12.0. The fourth-order valence-corrected chi connectivity index (χ4v) is 3.38. The molecular formula is C12H12N2O3S2. The summed E-state index contributed by atoms with van der Waals surface area (Å²) in [7, 11) is 0. The van der Waals surface area contributed by atoms with Gasteiger partial charge in [0.25, 0.3) is 5.69 Å². The lowest BCUT2D eigenvalue weighted by Gasteiger charge is -2.06. The van der Waals surface area contributed by atoms with Crippen LogP contribution in [0.3, 0.4) is 0 Å². The highest BCUT2D eigenvalue weighted by Gasteiger charge is 2.18. The molecule has 0 saturated heterocycles. The number of aromatic nitrogens is 1. The van der Waals surface area contributed by atoms with Gasteiger partial charge in [0.2, 0.25) is 0 Å². The highest BCUT2D eigenvalue weighted by molar-refractivity contribution is 8.01. The van der Waals surface area contributed by atoms with Crippen molar-refractivity contribution in [3.63, 3.8) is 0 Å². The predicted octanol–water partition coefficient (Wildman–Crippen LogP) is 3.56. The standard InChI is InChI=1S/C12H12N2O3S2/c1-7-6-18-12(13-7)19-11-4-3-9(8(2)15)5-10(11)14(16)17/h3-6,8,15H,1-2H3/t8-/m0/s1. The Labute approximate surface area is 118 Å². The van der Waals surface area contributed by atoms with Crippen molar-refractivity contribution >= 4 is 28.8 Å². The molecule has 0 unspecified atom stereocenters. The molecule has 0 spiro atoms. The van der Waals surface area contributed by atoms with E-state index in [9.17, 15) is 15.2 Å². The van der Waals surface area contributed by atoms with Crippen LogP contribution in [0.15, 0.2) is 32.8 Å². The van der Waals surface area contributed by atoms with Crippen molar-refractivity contribution in [1.29, 1.82) is 0 Å². The zero-order chi connectivity index (χ0) is 14.0. The minimum Gasteiger partial charge on any atom is -0.389 e. The number of rotatable bonds is 4. The topological polar surface area (TPSA) is 76.3 Å². The molecule has 0 radical (unpaired) electrons. The Morgan fingerprint density at radius 2 is 2.26 bits per heavy atom. The summed E-state index contributed by atoms with van der Waals surface area (Å²) < 4.78 is 0.769. The smallest absolute Gasteiger partial charge is 0.283 e. The van der Waals surface area contributed by atoms with Crippen molar-refractivity contribution in [3.8, 4) is 0 Å². The Morgan fingerprint density at radius 1 is 1.53 bits per heavy atom. The van der Waals surface area contributed by atoms with Crippen molar-refractivity contribution in [2.24, 2.45) is 0 Å². The van der Waals surface area contributed by atoms with Gasteiger partial charge in [-0.05, 0) is 25.5 Å². The SMILES string of the molecule is Cc1csc(Sc2ccc([C@H](C)O)cc2[N+](=O)[O-])n1. The van der Waals surface area contributed by atoms with Crippen LogP contribution in [-0.4, -0.2) is 15.0 Å². The second-order valence-electron chi connectivity index (χ2n) is 4.02. The van der Waals surface area contributed by atoms with Gasteiger partial charge in [0.05, 0.1) is 15.9 Å². The molecule has 0 saturated carbocycles. The van der Waals surface area contributed by atoms with Gasteiger partial charge in [-0.2, -0.15) is 0 Å². The van der Waals surface area contributed by atoms with Crippen LogP contribution in [0.4, 0.5) is 5.69 Å². The molecule has 2 aromatic rings. The van der Waals surface area contributed by atoms with Gasteiger partial charge in [0.1, 0.15) is 0 Å². The third-order valence-corrected chi connectivity index (χ3v) is 4.58. The van der Waals surface area contributed by atoms with Crippen LogP contribution < -0.4 is 0 Å². The molecule has 1 aromatic heterocycles. The molecule has 1 N–H and O–H groups in total. The lowest BCUT2D eigenvalue weighted by molar-refractivity contribution is -0.387. The minimum absolute atomic E-state index is 0.00347. The van der Waals surface area contributed by atoms with Crippen molar-refractivity contribution in [3.05, 3.63) is 45.0 Å². The van der Waals surface area contributed by atoms with Gasteiger partial charge in [-0.1, -0.05) is 17.8 Å². The maximum Gasteiger partial charge on any atom is 0.283 e. The molecule has 1 aromatic carbocycles. The Hall–Kier alpha value is -1.44. The molecule has 7 heteroatoms. The van der Waals surface area contributed by atoms with Crippen molar-refractivity contribution in [2.75, 3.05) is 0 Å². The largest absolute Gasteiger partial charge is 0.389 e.